The van der Waals surface area contributed by atoms with E-state index in [-0.39, 0.29) is 0 Å². The van der Waals surface area contributed by atoms with Crippen LogP contribution in [0.15, 0.2) is 6.20 Å². The van der Waals surface area contributed by atoms with E-state index in [4.69, 9.17) is 5.26 Å². The van der Waals surface area contributed by atoms with Gasteiger partial charge in [-0.1, -0.05) is 0 Å². The third-order valence-corrected chi connectivity index (χ3v) is 3.46. The average Bonchev–Trinajstić information content (AvgIpc) is 2.84. The topological polar surface area (TPSA) is 82.7 Å². The third-order valence-electron chi connectivity index (χ3n) is 3.46. The van der Waals surface area contributed by atoms with Gasteiger partial charge in [0.25, 0.3) is 0 Å². The molecular formula is C14H21N7. The molecule has 2 aromatic rings. The van der Waals surface area contributed by atoms with Gasteiger partial charge in [-0.25, -0.2) is 9.97 Å². The fourth-order valence-corrected chi connectivity index (χ4v) is 2.22. The van der Waals surface area contributed by atoms with Crippen molar-refractivity contribution >= 4 is 16.9 Å². The molecule has 0 aliphatic heterocycles. The standard InChI is InChI=1S/C14H21N7/c1-10(2)21(7-5-6-15)9-12-18-13(16-3)11-8-17-20(4)14(11)19-12/h8,10H,5,7,9H2,1-4H3,(H,16,18,19). The van der Waals surface area contributed by atoms with Crippen LogP contribution in [0.1, 0.15) is 26.1 Å². The number of nitriles is 1. The molecule has 0 aliphatic carbocycles. The van der Waals surface area contributed by atoms with E-state index in [9.17, 15) is 0 Å². The maximum atomic E-state index is 8.77. The Bertz CT molecular complexity index is 653. The molecule has 0 atom stereocenters. The van der Waals surface area contributed by atoms with Crippen LogP contribution in [0.2, 0.25) is 0 Å². The smallest absolute Gasteiger partial charge is 0.163 e. The molecule has 0 fully saturated rings. The summed E-state index contributed by atoms with van der Waals surface area (Å²) < 4.78 is 1.75. The number of nitrogens with one attached hydrogen (secondary N) is 1. The first-order valence-electron chi connectivity index (χ1n) is 7.04. The number of aryl methyl sites for hydroxylation is 1. The highest BCUT2D eigenvalue weighted by atomic mass is 15.3. The Hall–Kier alpha value is -2.20. The first kappa shape index (κ1) is 15.2. The van der Waals surface area contributed by atoms with Crippen molar-refractivity contribution in [3.8, 4) is 6.07 Å². The molecule has 0 saturated carbocycles. The summed E-state index contributed by atoms with van der Waals surface area (Å²) in [6.45, 7) is 5.56. The summed E-state index contributed by atoms with van der Waals surface area (Å²) in [7, 11) is 3.71. The first-order valence-corrected chi connectivity index (χ1v) is 7.04. The zero-order valence-electron chi connectivity index (χ0n) is 13.0. The van der Waals surface area contributed by atoms with E-state index in [1.165, 1.54) is 0 Å². The van der Waals surface area contributed by atoms with Crippen molar-refractivity contribution in [2.75, 3.05) is 18.9 Å². The lowest BCUT2D eigenvalue weighted by Crippen LogP contribution is -2.32. The predicted octanol–water partition coefficient (Wildman–Crippen LogP) is 1.53. The number of hydrogen-bond acceptors (Lipinski definition) is 6. The highest BCUT2D eigenvalue weighted by Crippen LogP contribution is 2.19. The van der Waals surface area contributed by atoms with Gasteiger partial charge in [-0.15, -0.1) is 0 Å². The SMILES string of the molecule is CNc1nc(CN(CCC#N)C(C)C)nc2c1cnn2C. The van der Waals surface area contributed by atoms with Gasteiger partial charge in [0.2, 0.25) is 0 Å². The minimum absolute atomic E-state index is 0.335. The quantitative estimate of drug-likeness (QED) is 0.867. The van der Waals surface area contributed by atoms with Gasteiger partial charge in [0.15, 0.2) is 5.65 Å². The van der Waals surface area contributed by atoms with Crippen LogP contribution < -0.4 is 5.32 Å². The minimum atomic E-state index is 0.335. The van der Waals surface area contributed by atoms with Crippen LogP contribution in [0.3, 0.4) is 0 Å². The molecule has 0 unspecified atom stereocenters. The number of anilines is 1. The van der Waals surface area contributed by atoms with Crippen LogP contribution in [0, 0.1) is 11.3 Å². The Morgan fingerprint density at radius 2 is 2.19 bits per heavy atom. The van der Waals surface area contributed by atoms with Crippen LogP contribution in [-0.2, 0) is 13.6 Å². The van der Waals surface area contributed by atoms with Gasteiger partial charge >= 0.3 is 0 Å². The number of rotatable bonds is 6. The van der Waals surface area contributed by atoms with Gasteiger partial charge in [-0.05, 0) is 13.8 Å². The molecule has 0 aliphatic rings. The summed E-state index contributed by atoms with van der Waals surface area (Å²) >= 11 is 0. The Kier molecular flexibility index (Phi) is 4.70. The number of nitrogens with zero attached hydrogens (tertiary/aromatic N) is 6. The van der Waals surface area contributed by atoms with Gasteiger partial charge in [-0.3, -0.25) is 9.58 Å². The first-order chi connectivity index (χ1) is 10.1. The molecule has 0 aromatic carbocycles. The Balaban J connectivity index is 2.32. The molecule has 0 saturated heterocycles. The van der Waals surface area contributed by atoms with Crippen molar-refractivity contribution in [3.63, 3.8) is 0 Å². The Labute approximate surface area is 124 Å². The van der Waals surface area contributed by atoms with Crippen LogP contribution in [-0.4, -0.2) is 44.3 Å². The molecule has 0 spiro atoms. The molecule has 112 valence electrons. The highest BCUT2D eigenvalue weighted by molar-refractivity contribution is 5.86. The lowest BCUT2D eigenvalue weighted by Gasteiger charge is -2.24. The molecule has 21 heavy (non-hydrogen) atoms. The van der Waals surface area contributed by atoms with E-state index >= 15 is 0 Å². The normalized spacial score (nSPS) is 11.3. The summed E-state index contributed by atoms with van der Waals surface area (Å²) in [5, 5.41) is 17.0. The van der Waals surface area contributed by atoms with Gasteiger partial charge in [0.1, 0.15) is 11.6 Å². The molecule has 7 heteroatoms. The van der Waals surface area contributed by atoms with Crippen LogP contribution in [0.5, 0.6) is 0 Å². The molecule has 0 amide bonds. The average molecular weight is 287 g/mol. The number of aromatic nitrogens is 4. The van der Waals surface area contributed by atoms with E-state index in [0.29, 0.717) is 19.0 Å². The summed E-state index contributed by atoms with van der Waals surface area (Å²) in [4.78, 5) is 11.4. The zero-order chi connectivity index (χ0) is 15.4. The zero-order valence-corrected chi connectivity index (χ0v) is 13.0. The summed E-state index contributed by atoms with van der Waals surface area (Å²) in [5.41, 5.74) is 0.813. The second kappa shape index (κ2) is 6.50. The summed E-state index contributed by atoms with van der Waals surface area (Å²) in [6, 6.07) is 2.52. The van der Waals surface area contributed by atoms with Crippen molar-refractivity contribution in [2.45, 2.75) is 32.9 Å². The molecule has 2 rings (SSSR count). The minimum Gasteiger partial charge on any atom is -0.372 e. The van der Waals surface area contributed by atoms with Crippen molar-refractivity contribution in [1.82, 2.24) is 24.6 Å². The summed E-state index contributed by atoms with van der Waals surface area (Å²) in [5.74, 6) is 1.52. The molecule has 2 heterocycles. The second-order valence-corrected chi connectivity index (χ2v) is 5.22. The van der Waals surface area contributed by atoms with Crippen molar-refractivity contribution in [1.29, 1.82) is 5.26 Å². The monoisotopic (exact) mass is 287 g/mol. The fourth-order valence-electron chi connectivity index (χ4n) is 2.22. The maximum absolute atomic E-state index is 8.77. The number of fused-ring (bicyclic) bond motifs is 1. The van der Waals surface area contributed by atoms with Crippen LogP contribution in [0.25, 0.3) is 11.0 Å². The van der Waals surface area contributed by atoms with Crippen LogP contribution >= 0.6 is 0 Å². The van der Waals surface area contributed by atoms with Gasteiger partial charge in [-0.2, -0.15) is 10.4 Å². The maximum Gasteiger partial charge on any atom is 0.163 e. The molecule has 2 aromatic heterocycles. The van der Waals surface area contributed by atoms with E-state index in [1.807, 2.05) is 14.1 Å². The van der Waals surface area contributed by atoms with Gasteiger partial charge in [0, 0.05) is 33.1 Å². The third kappa shape index (κ3) is 3.28. The Morgan fingerprint density at radius 1 is 1.43 bits per heavy atom. The lowest BCUT2D eigenvalue weighted by atomic mass is 10.2. The Morgan fingerprint density at radius 3 is 2.81 bits per heavy atom. The van der Waals surface area contributed by atoms with Crippen molar-refractivity contribution in [3.05, 3.63) is 12.0 Å². The number of hydrogen-bond donors (Lipinski definition) is 1. The molecule has 7 nitrogen and oxygen atoms in total. The van der Waals surface area contributed by atoms with E-state index in [2.05, 4.69) is 45.2 Å². The molecule has 1 N–H and O–H groups in total. The van der Waals surface area contributed by atoms with E-state index in [1.54, 1.807) is 10.9 Å². The largest absolute Gasteiger partial charge is 0.372 e. The summed E-state index contributed by atoms with van der Waals surface area (Å²) in [6.07, 6.45) is 2.27. The van der Waals surface area contributed by atoms with E-state index in [0.717, 1.165) is 29.2 Å². The van der Waals surface area contributed by atoms with Crippen LogP contribution in [0.4, 0.5) is 5.82 Å². The van der Waals surface area contributed by atoms with Gasteiger partial charge in [0.05, 0.1) is 24.2 Å². The van der Waals surface area contributed by atoms with Crippen molar-refractivity contribution < 1.29 is 0 Å². The molecule has 0 radical (unpaired) electrons. The van der Waals surface area contributed by atoms with E-state index < -0.39 is 0 Å². The predicted molar refractivity (Wildman–Crippen MR) is 81.6 cm³/mol. The van der Waals surface area contributed by atoms with Gasteiger partial charge < -0.3 is 5.32 Å². The van der Waals surface area contributed by atoms with Crippen molar-refractivity contribution in [2.24, 2.45) is 7.05 Å². The second-order valence-electron chi connectivity index (χ2n) is 5.22. The highest BCUT2D eigenvalue weighted by Gasteiger charge is 2.15. The fraction of sp³-hybridized carbons (Fsp3) is 0.571. The molecular weight excluding hydrogens is 266 g/mol. The molecule has 0 bridgehead atoms. The lowest BCUT2D eigenvalue weighted by molar-refractivity contribution is 0.212.